The van der Waals surface area contributed by atoms with Gasteiger partial charge in [-0.25, -0.2) is 0 Å². The zero-order valence-electron chi connectivity index (χ0n) is 13.8. The lowest BCUT2D eigenvalue weighted by atomic mass is 9.77. The van der Waals surface area contributed by atoms with E-state index >= 15 is 0 Å². The second kappa shape index (κ2) is 4.52. The SMILES string of the molecule is c1ccc2c(c1)CC1N(Cc3cc4ccccc4[nH]3)CC3CC31C2. The summed E-state index contributed by atoms with van der Waals surface area (Å²) in [6, 6.07) is 20.8. The number of hydrogen-bond acceptors (Lipinski definition) is 1. The van der Waals surface area contributed by atoms with Crippen molar-refractivity contribution in [3.8, 4) is 0 Å². The maximum absolute atomic E-state index is 3.62. The standard InChI is InChI=1S/C22H22N2/c1-2-7-17-11-22-12-18(22)13-24(21(22)10-15(17)5-1)14-19-9-16-6-3-4-8-20(16)23-19/h1-9,18,21,23H,10-14H2. The van der Waals surface area contributed by atoms with Gasteiger partial charge in [0.05, 0.1) is 0 Å². The van der Waals surface area contributed by atoms with Gasteiger partial charge in [-0.1, -0.05) is 42.5 Å². The number of nitrogens with zero attached hydrogens (tertiary/aromatic N) is 1. The summed E-state index contributed by atoms with van der Waals surface area (Å²) in [6.07, 6.45) is 4.00. The van der Waals surface area contributed by atoms with Crippen molar-refractivity contribution < 1.29 is 0 Å². The first-order chi connectivity index (χ1) is 11.8. The molecule has 0 bridgehead atoms. The third kappa shape index (κ3) is 1.75. The lowest BCUT2D eigenvalue weighted by Gasteiger charge is -2.36. The molecule has 2 aliphatic carbocycles. The summed E-state index contributed by atoms with van der Waals surface area (Å²) in [7, 11) is 0. The van der Waals surface area contributed by atoms with Crippen molar-refractivity contribution >= 4 is 10.9 Å². The number of nitrogens with one attached hydrogen (secondary N) is 1. The van der Waals surface area contributed by atoms with E-state index in [1.54, 1.807) is 11.1 Å². The number of likely N-dealkylation sites (tertiary alicyclic amines) is 1. The quantitative estimate of drug-likeness (QED) is 0.752. The lowest BCUT2D eigenvalue weighted by molar-refractivity contribution is 0.163. The Balaban J connectivity index is 1.32. The summed E-state index contributed by atoms with van der Waals surface area (Å²) >= 11 is 0. The molecule has 1 aliphatic heterocycles. The van der Waals surface area contributed by atoms with Crippen LogP contribution in [0.15, 0.2) is 54.6 Å². The molecule has 6 rings (SSSR count). The molecule has 24 heavy (non-hydrogen) atoms. The van der Waals surface area contributed by atoms with Crippen molar-refractivity contribution in [2.75, 3.05) is 6.54 Å². The second-order valence-electron chi connectivity index (χ2n) is 8.11. The highest BCUT2D eigenvalue weighted by molar-refractivity contribution is 5.80. The molecule has 3 aliphatic rings. The largest absolute Gasteiger partial charge is 0.357 e. The summed E-state index contributed by atoms with van der Waals surface area (Å²) in [5, 5.41) is 1.33. The minimum atomic E-state index is 0.598. The topological polar surface area (TPSA) is 19.0 Å². The lowest BCUT2D eigenvalue weighted by Crippen LogP contribution is -2.41. The Labute approximate surface area is 142 Å². The fraction of sp³-hybridized carbons (Fsp3) is 0.364. The highest BCUT2D eigenvalue weighted by Crippen LogP contribution is 2.65. The van der Waals surface area contributed by atoms with Crippen molar-refractivity contribution in [3.05, 3.63) is 71.4 Å². The first-order valence-corrected chi connectivity index (χ1v) is 9.19. The zero-order valence-corrected chi connectivity index (χ0v) is 13.8. The minimum absolute atomic E-state index is 0.598. The molecule has 3 unspecified atom stereocenters. The van der Waals surface area contributed by atoms with Crippen molar-refractivity contribution in [3.63, 3.8) is 0 Å². The van der Waals surface area contributed by atoms with E-state index in [1.165, 1.54) is 42.4 Å². The molecule has 1 N–H and O–H groups in total. The molecule has 1 saturated carbocycles. The van der Waals surface area contributed by atoms with E-state index in [0.717, 1.165) is 18.5 Å². The Morgan fingerprint density at radius 3 is 2.79 bits per heavy atom. The van der Waals surface area contributed by atoms with Crippen LogP contribution in [0.5, 0.6) is 0 Å². The molecule has 0 amide bonds. The van der Waals surface area contributed by atoms with Crippen LogP contribution < -0.4 is 0 Å². The maximum atomic E-state index is 3.62. The Hall–Kier alpha value is -2.06. The molecular weight excluding hydrogens is 292 g/mol. The minimum Gasteiger partial charge on any atom is -0.357 e. The average Bonchev–Trinajstić information content (AvgIpc) is 2.99. The van der Waals surface area contributed by atoms with Crippen LogP contribution in [0.25, 0.3) is 10.9 Å². The molecule has 0 radical (unpaired) electrons. The van der Waals surface area contributed by atoms with E-state index in [2.05, 4.69) is 64.5 Å². The highest BCUT2D eigenvalue weighted by Gasteiger charge is 2.66. The molecule has 3 aromatic rings. The Morgan fingerprint density at radius 2 is 1.88 bits per heavy atom. The van der Waals surface area contributed by atoms with E-state index in [9.17, 15) is 0 Å². The summed E-state index contributed by atoms with van der Waals surface area (Å²) in [5.74, 6) is 0.931. The molecule has 1 spiro atoms. The molecule has 1 saturated heterocycles. The number of piperidine rings is 1. The van der Waals surface area contributed by atoms with Crippen molar-refractivity contribution in [2.24, 2.45) is 11.3 Å². The molecule has 3 atom stereocenters. The molecule has 2 aromatic carbocycles. The number of rotatable bonds is 2. The normalized spacial score (nSPS) is 30.8. The van der Waals surface area contributed by atoms with Gasteiger partial charge < -0.3 is 4.98 Å². The molecule has 2 nitrogen and oxygen atoms in total. The number of hydrogen-bond donors (Lipinski definition) is 1. The summed E-state index contributed by atoms with van der Waals surface area (Å²) < 4.78 is 0. The molecule has 120 valence electrons. The monoisotopic (exact) mass is 314 g/mol. The van der Waals surface area contributed by atoms with Gasteiger partial charge in [0.25, 0.3) is 0 Å². The van der Waals surface area contributed by atoms with Crippen LogP contribution in [0.4, 0.5) is 0 Å². The van der Waals surface area contributed by atoms with E-state index in [-0.39, 0.29) is 0 Å². The Morgan fingerprint density at radius 1 is 1.04 bits per heavy atom. The van der Waals surface area contributed by atoms with Crippen LogP contribution in [0.2, 0.25) is 0 Å². The fourth-order valence-electron chi connectivity index (χ4n) is 5.60. The van der Waals surface area contributed by atoms with Crippen LogP contribution in [0.3, 0.4) is 0 Å². The third-order valence-electron chi connectivity index (χ3n) is 6.85. The smallest absolute Gasteiger partial charge is 0.0456 e. The predicted octanol–water partition coefficient (Wildman–Crippen LogP) is 4.16. The number of H-pyrrole nitrogens is 1. The van der Waals surface area contributed by atoms with Crippen LogP contribution in [0, 0.1) is 11.3 Å². The van der Waals surface area contributed by atoms with Crippen LogP contribution in [0.1, 0.15) is 23.2 Å². The van der Waals surface area contributed by atoms with Gasteiger partial charge >= 0.3 is 0 Å². The predicted molar refractivity (Wildman–Crippen MR) is 96.9 cm³/mol. The van der Waals surface area contributed by atoms with Gasteiger partial charge in [-0.3, -0.25) is 4.90 Å². The van der Waals surface area contributed by atoms with Gasteiger partial charge in [0.1, 0.15) is 0 Å². The van der Waals surface area contributed by atoms with E-state index in [1.807, 2.05) is 0 Å². The summed E-state index contributed by atoms with van der Waals surface area (Å²) in [5.41, 5.74) is 6.43. The van der Waals surface area contributed by atoms with Crippen molar-refractivity contribution in [1.82, 2.24) is 9.88 Å². The van der Waals surface area contributed by atoms with Crippen LogP contribution >= 0.6 is 0 Å². The second-order valence-corrected chi connectivity index (χ2v) is 8.11. The van der Waals surface area contributed by atoms with Gasteiger partial charge in [0.2, 0.25) is 0 Å². The first-order valence-electron chi connectivity index (χ1n) is 9.19. The summed E-state index contributed by atoms with van der Waals surface area (Å²) in [4.78, 5) is 6.38. The van der Waals surface area contributed by atoms with E-state index in [4.69, 9.17) is 0 Å². The molecular formula is C22H22N2. The maximum Gasteiger partial charge on any atom is 0.0456 e. The van der Waals surface area contributed by atoms with Gasteiger partial charge in [-0.15, -0.1) is 0 Å². The van der Waals surface area contributed by atoms with Gasteiger partial charge in [0, 0.05) is 30.3 Å². The molecule has 1 aromatic heterocycles. The number of aromatic amines is 1. The number of para-hydroxylation sites is 1. The Bertz CT molecular complexity index is 907. The molecule has 2 heteroatoms. The number of benzene rings is 2. The highest BCUT2D eigenvalue weighted by atomic mass is 15.2. The van der Waals surface area contributed by atoms with Crippen molar-refractivity contribution in [2.45, 2.75) is 31.8 Å². The van der Waals surface area contributed by atoms with E-state index < -0.39 is 0 Å². The van der Waals surface area contributed by atoms with Gasteiger partial charge in [0.15, 0.2) is 0 Å². The number of aromatic nitrogens is 1. The number of fused-ring (bicyclic) bond motifs is 2. The Kier molecular flexibility index (Phi) is 2.49. The average molecular weight is 314 g/mol. The third-order valence-corrected chi connectivity index (χ3v) is 6.85. The van der Waals surface area contributed by atoms with Gasteiger partial charge in [-0.2, -0.15) is 0 Å². The van der Waals surface area contributed by atoms with Crippen LogP contribution in [-0.4, -0.2) is 22.5 Å². The first kappa shape index (κ1) is 13.3. The summed E-state index contributed by atoms with van der Waals surface area (Å²) in [6.45, 7) is 2.35. The van der Waals surface area contributed by atoms with Gasteiger partial charge in [-0.05, 0) is 59.2 Å². The fourth-order valence-corrected chi connectivity index (χ4v) is 5.60. The van der Waals surface area contributed by atoms with Crippen LogP contribution in [-0.2, 0) is 19.4 Å². The van der Waals surface area contributed by atoms with Crippen molar-refractivity contribution in [1.29, 1.82) is 0 Å². The zero-order chi connectivity index (χ0) is 15.7. The van der Waals surface area contributed by atoms with E-state index in [0.29, 0.717) is 5.41 Å². The molecule has 2 heterocycles. The molecule has 2 fully saturated rings.